The van der Waals surface area contributed by atoms with Crippen LogP contribution in [0, 0.1) is 5.92 Å². The molecule has 0 aliphatic heterocycles. The van der Waals surface area contributed by atoms with Gasteiger partial charge in [-0.05, 0) is 18.1 Å². The molecule has 0 fully saturated rings. The Morgan fingerprint density at radius 2 is 2.06 bits per heavy atom. The molecule has 86 valence electrons. The molecule has 0 unspecified atom stereocenters. The van der Waals surface area contributed by atoms with E-state index in [1.54, 1.807) is 0 Å². The van der Waals surface area contributed by atoms with Crippen LogP contribution in [0.2, 0.25) is 5.02 Å². The Kier molecular flexibility index (Phi) is 2.91. The number of nitrogens with zero attached hydrogens (tertiary/aromatic N) is 2. The summed E-state index contributed by atoms with van der Waals surface area (Å²) in [5.41, 5.74) is 7.98. The molecule has 1 atom stereocenters. The predicted octanol–water partition coefficient (Wildman–Crippen LogP) is 2.88. The molecule has 0 spiro atoms. The van der Waals surface area contributed by atoms with Crippen LogP contribution in [-0.2, 0) is 7.05 Å². The summed E-state index contributed by atoms with van der Waals surface area (Å²) >= 11 is 6.11. The average molecular weight is 238 g/mol. The summed E-state index contributed by atoms with van der Waals surface area (Å²) in [6.07, 6.45) is 0. The highest BCUT2D eigenvalue weighted by molar-refractivity contribution is 6.34. The number of para-hydroxylation sites is 1. The van der Waals surface area contributed by atoms with Crippen LogP contribution in [0.3, 0.4) is 0 Å². The first-order valence-corrected chi connectivity index (χ1v) is 5.76. The summed E-state index contributed by atoms with van der Waals surface area (Å²) in [5, 5.41) is 0.676. The summed E-state index contributed by atoms with van der Waals surface area (Å²) in [7, 11) is 1.98. The zero-order valence-electron chi connectivity index (χ0n) is 9.74. The largest absolute Gasteiger partial charge is 0.330 e. The van der Waals surface area contributed by atoms with Gasteiger partial charge in [-0.25, -0.2) is 4.98 Å². The van der Waals surface area contributed by atoms with Gasteiger partial charge in [0, 0.05) is 7.05 Å². The second kappa shape index (κ2) is 4.07. The monoisotopic (exact) mass is 237 g/mol. The minimum atomic E-state index is -0.0616. The van der Waals surface area contributed by atoms with Gasteiger partial charge in [0.2, 0.25) is 0 Å². The fourth-order valence-electron chi connectivity index (χ4n) is 1.79. The maximum Gasteiger partial charge on any atom is 0.126 e. The average Bonchev–Trinajstić information content (AvgIpc) is 2.57. The van der Waals surface area contributed by atoms with E-state index in [4.69, 9.17) is 17.3 Å². The Morgan fingerprint density at radius 3 is 2.62 bits per heavy atom. The van der Waals surface area contributed by atoms with E-state index in [2.05, 4.69) is 18.8 Å². The maximum absolute atomic E-state index is 6.13. The SMILES string of the molecule is CC(C)[C@H](N)c1nc2c(Cl)cccc2n1C. The molecule has 3 nitrogen and oxygen atoms in total. The molecule has 0 amide bonds. The molecule has 2 N–H and O–H groups in total. The number of aryl methyl sites for hydroxylation is 1. The molecular formula is C12H16ClN3. The molecular weight excluding hydrogens is 222 g/mol. The van der Waals surface area contributed by atoms with E-state index in [1.165, 1.54) is 0 Å². The number of rotatable bonds is 2. The summed E-state index contributed by atoms with van der Waals surface area (Å²) in [4.78, 5) is 4.54. The van der Waals surface area contributed by atoms with Crippen molar-refractivity contribution in [3.8, 4) is 0 Å². The quantitative estimate of drug-likeness (QED) is 0.873. The van der Waals surface area contributed by atoms with Crippen LogP contribution in [-0.4, -0.2) is 9.55 Å². The third kappa shape index (κ3) is 1.70. The lowest BCUT2D eigenvalue weighted by atomic mass is 10.1. The molecule has 2 rings (SSSR count). The van der Waals surface area contributed by atoms with Crippen LogP contribution in [0.4, 0.5) is 0 Å². The summed E-state index contributed by atoms with van der Waals surface area (Å²) < 4.78 is 2.02. The Balaban J connectivity index is 2.65. The van der Waals surface area contributed by atoms with Crippen molar-refractivity contribution in [1.82, 2.24) is 9.55 Å². The van der Waals surface area contributed by atoms with Gasteiger partial charge in [-0.2, -0.15) is 0 Å². The van der Waals surface area contributed by atoms with E-state index in [0.29, 0.717) is 10.9 Å². The topological polar surface area (TPSA) is 43.8 Å². The van der Waals surface area contributed by atoms with Crippen LogP contribution < -0.4 is 5.73 Å². The van der Waals surface area contributed by atoms with Crippen molar-refractivity contribution in [3.05, 3.63) is 29.0 Å². The van der Waals surface area contributed by atoms with Gasteiger partial charge in [0.05, 0.1) is 16.6 Å². The van der Waals surface area contributed by atoms with Gasteiger partial charge in [0.25, 0.3) is 0 Å². The Bertz CT molecular complexity index is 516. The van der Waals surface area contributed by atoms with E-state index < -0.39 is 0 Å². The standard InChI is InChI=1S/C12H16ClN3/c1-7(2)10(14)12-15-11-8(13)5-4-6-9(11)16(12)3/h4-7,10H,14H2,1-3H3/t10-/m0/s1. The number of nitrogens with two attached hydrogens (primary N) is 1. The third-order valence-corrected chi connectivity index (χ3v) is 3.22. The number of fused-ring (bicyclic) bond motifs is 1. The summed E-state index contributed by atoms with van der Waals surface area (Å²) in [6.45, 7) is 4.18. The smallest absolute Gasteiger partial charge is 0.126 e. The van der Waals surface area contributed by atoms with Crippen LogP contribution in [0.5, 0.6) is 0 Å². The first-order valence-electron chi connectivity index (χ1n) is 5.38. The number of imidazole rings is 1. The fourth-order valence-corrected chi connectivity index (χ4v) is 2.01. The van der Waals surface area contributed by atoms with Gasteiger partial charge < -0.3 is 10.3 Å². The number of hydrogen-bond donors (Lipinski definition) is 1. The van der Waals surface area contributed by atoms with Gasteiger partial charge in [0.15, 0.2) is 0 Å². The van der Waals surface area contributed by atoms with Gasteiger partial charge in [-0.3, -0.25) is 0 Å². The highest BCUT2D eigenvalue weighted by Crippen LogP contribution is 2.26. The highest BCUT2D eigenvalue weighted by Gasteiger charge is 2.18. The number of aromatic nitrogens is 2. The van der Waals surface area contributed by atoms with E-state index >= 15 is 0 Å². The Morgan fingerprint density at radius 1 is 1.38 bits per heavy atom. The van der Waals surface area contributed by atoms with Crippen molar-refractivity contribution in [2.24, 2.45) is 18.7 Å². The highest BCUT2D eigenvalue weighted by atomic mass is 35.5. The maximum atomic E-state index is 6.13. The van der Waals surface area contributed by atoms with Crippen molar-refractivity contribution in [2.45, 2.75) is 19.9 Å². The van der Waals surface area contributed by atoms with Crippen molar-refractivity contribution < 1.29 is 0 Å². The van der Waals surface area contributed by atoms with Crippen molar-refractivity contribution >= 4 is 22.6 Å². The van der Waals surface area contributed by atoms with Crippen LogP contribution >= 0.6 is 11.6 Å². The van der Waals surface area contributed by atoms with Crippen LogP contribution in [0.15, 0.2) is 18.2 Å². The molecule has 1 aromatic carbocycles. The lowest BCUT2D eigenvalue weighted by Gasteiger charge is -2.14. The normalized spacial score (nSPS) is 13.6. The zero-order chi connectivity index (χ0) is 11.9. The molecule has 0 aliphatic carbocycles. The molecule has 1 aromatic heterocycles. The van der Waals surface area contributed by atoms with E-state index in [0.717, 1.165) is 16.9 Å². The molecule has 0 radical (unpaired) electrons. The Labute approximate surface area is 100 Å². The first kappa shape index (κ1) is 11.4. The van der Waals surface area contributed by atoms with E-state index in [-0.39, 0.29) is 6.04 Å². The summed E-state index contributed by atoms with van der Waals surface area (Å²) in [6, 6.07) is 5.72. The molecule has 1 heterocycles. The van der Waals surface area contributed by atoms with Gasteiger partial charge in [-0.15, -0.1) is 0 Å². The minimum absolute atomic E-state index is 0.0616. The van der Waals surface area contributed by atoms with Crippen LogP contribution in [0.25, 0.3) is 11.0 Å². The minimum Gasteiger partial charge on any atom is -0.330 e. The molecule has 0 saturated heterocycles. The second-order valence-corrected chi connectivity index (χ2v) is 4.81. The number of halogens is 1. The second-order valence-electron chi connectivity index (χ2n) is 4.41. The first-order chi connectivity index (χ1) is 7.52. The van der Waals surface area contributed by atoms with Crippen molar-refractivity contribution in [3.63, 3.8) is 0 Å². The molecule has 2 aromatic rings. The van der Waals surface area contributed by atoms with Crippen LogP contribution in [0.1, 0.15) is 25.7 Å². The molecule has 0 saturated carbocycles. The lowest BCUT2D eigenvalue weighted by molar-refractivity contribution is 0.480. The van der Waals surface area contributed by atoms with Crippen molar-refractivity contribution in [2.75, 3.05) is 0 Å². The lowest BCUT2D eigenvalue weighted by Crippen LogP contribution is -2.20. The third-order valence-electron chi connectivity index (χ3n) is 2.91. The molecule has 4 heteroatoms. The number of hydrogen-bond acceptors (Lipinski definition) is 2. The zero-order valence-corrected chi connectivity index (χ0v) is 10.5. The van der Waals surface area contributed by atoms with E-state index in [1.807, 2.05) is 29.8 Å². The molecule has 0 aliphatic rings. The van der Waals surface area contributed by atoms with Crippen molar-refractivity contribution in [1.29, 1.82) is 0 Å². The van der Waals surface area contributed by atoms with Gasteiger partial charge in [0.1, 0.15) is 11.3 Å². The number of benzene rings is 1. The molecule has 16 heavy (non-hydrogen) atoms. The van der Waals surface area contributed by atoms with Gasteiger partial charge >= 0.3 is 0 Å². The van der Waals surface area contributed by atoms with E-state index in [9.17, 15) is 0 Å². The Hall–Kier alpha value is -1.06. The fraction of sp³-hybridized carbons (Fsp3) is 0.417. The summed E-state index contributed by atoms with van der Waals surface area (Å²) in [5.74, 6) is 1.24. The predicted molar refractivity (Wildman–Crippen MR) is 67.5 cm³/mol. The molecule has 0 bridgehead atoms. The van der Waals surface area contributed by atoms with Gasteiger partial charge in [-0.1, -0.05) is 31.5 Å².